The average molecular weight is 462 g/mol. The van der Waals surface area contributed by atoms with E-state index < -0.39 is 15.4 Å². The topological polar surface area (TPSA) is 79.0 Å². The average Bonchev–Trinajstić information content (AvgIpc) is 2.80. The quantitative estimate of drug-likeness (QED) is 0.756. The number of halogens is 1. The lowest BCUT2D eigenvalue weighted by Crippen LogP contribution is -2.53. The third-order valence-electron chi connectivity index (χ3n) is 6.35. The standard InChI is InChI=1S/C23H28FN3O4S/c1-25-22(28)15-27-16-23(17-31-20-4-2-3-5-21(20)32(27,29)30)10-12-26(13-11-23)14-18-6-8-19(24)9-7-18/h2-9H,10-17H2,1H3,(H,25,28). The summed E-state index contributed by atoms with van der Waals surface area (Å²) >= 11 is 0. The molecule has 1 fully saturated rings. The summed E-state index contributed by atoms with van der Waals surface area (Å²) in [5, 5.41) is 2.53. The maximum atomic E-state index is 13.4. The van der Waals surface area contributed by atoms with Crippen LogP contribution in [0.4, 0.5) is 4.39 Å². The van der Waals surface area contributed by atoms with Gasteiger partial charge in [0.15, 0.2) is 0 Å². The fourth-order valence-electron chi connectivity index (χ4n) is 4.37. The Morgan fingerprint density at radius 3 is 2.50 bits per heavy atom. The van der Waals surface area contributed by atoms with Crippen LogP contribution in [-0.4, -0.2) is 63.4 Å². The number of rotatable bonds is 4. The van der Waals surface area contributed by atoms with Crippen molar-refractivity contribution in [3.8, 4) is 5.75 Å². The fourth-order valence-corrected chi connectivity index (χ4v) is 6.01. The number of ether oxygens (including phenoxy) is 1. The smallest absolute Gasteiger partial charge is 0.247 e. The zero-order chi connectivity index (χ0) is 22.8. The first-order valence-corrected chi connectivity index (χ1v) is 12.1. The zero-order valence-corrected chi connectivity index (χ0v) is 18.9. The molecule has 0 unspecified atom stereocenters. The number of piperidine rings is 1. The molecule has 2 heterocycles. The Labute approximate surface area is 188 Å². The van der Waals surface area contributed by atoms with Crippen molar-refractivity contribution in [3.63, 3.8) is 0 Å². The molecule has 1 spiro atoms. The van der Waals surface area contributed by atoms with Crippen LogP contribution in [-0.2, 0) is 21.4 Å². The van der Waals surface area contributed by atoms with Gasteiger partial charge in [0.1, 0.15) is 16.5 Å². The van der Waals surface area contributed by atoms with Gasteiger partial charge in [0.25, 0.3) is 0 Å². The molecule has 0 bridgehead atoms. The molecule has 1 N–H and O–H groups in total. The number of benzene rings is 2. The molecule has 1 saturated heterocycles. The second-order valence-corrected chi connectivity index (χ2v) is 10.5. The van der Waals surface area contributed by atoms with Crippen molar-refractivity contribution in [3.05, 3.63) is 59.9 Å². The molecule has 2 aromatic rings. The summed E-state index contributed by atoms with van der Waals surface area (Å²) in [6.45, 7) is 2.61. The van der Waals surface area contributed by atoms with E-state index in [-0.39, 0.29) is 29.7 Å². The lowest BCUT2D eigenvalue weighted by atomic mass is 9.78. The van der Waals surface area contributed by atoms with E-state index in [1.807, 2.05) is 0 Å². The summed E-state index contributed by atoms with van der Waals surface area (Å²) in [6, 6.07) is 13.1. The number of likely N-dealkylation sites (tertiary alicyclic amines) is 1. The van der Waals surface area contributed by atoms with E-state index >= 15 is 0 Å². The molecular formula is C23H28FN3O4S. The molecule has 2 aromatic carbocycles. The first kappa shape index (κ1) is 22.7. The third kappa shape index (κ3) is 4.79. The lowest BCUT2D eigenvalue weighted by molar-refractivity contribution is -0.121. The number of likely N-dealkylation sites (N-methyl/N-ethyl adjacent to an activating group) is 1. The first-order chi connectivity index (χ1) is 15.3. The Kier molecular flexibility index (Phi) is 6.50. The molecule has 0 aliphatic carbocycles. The van der Waals surface area contributed by atoms with Crippen LogP contribution in [0.1, 0.15) is 18.4 Å². The molecule has 0 atom stereocenters. The van der Waals surface area contributed by atoms with E-state index in [0.29, 0.717) is 18.9 Å². The number of amides is 1. The van der Waals surface area contributed by atoms with Crippen molar-refractivity contribution in [2.45, 2.75) is 24.3 Å². The van der Waals surface area contributed by atoms with Crippen molar-refractivity contribution in [1.82, 2.24) is 14.5 Å². The highest BCUT2D eigenvalue weighted by atomic mass is 32.2. The van der Waals surface area contributed by atoms with E-state index in [2.05, 4.69) is 10.2 Å². The van der Waals surface area contributed by atoms with Crippen molar-refractivity contribution in [2.24, 2.45) is 5.41 Å². The highest BCUT2D eigenvalue weighted by molar-refractivity contribution is 7.89. The van der Waals surface area contributed by atoms with Gasteiger partial charge in [-0.15, -0.1) is 0 Å². The van der Waals surface area contributed by atoms with Crippen LogP contribution in [0.2, 0.25) is 0 Å². The van der Waals surface area contributed by atoms with Crippen LogP contribution in [0, 0.1) is 11.2 Å². The van der Waals surface area contributed by atoms with Gasteiger partial charge < -0.3 is 10.1 Å². The van der Waals surface area contributed by atoms with E-state index in [9.17, 15) is 17.6 Å². The molecule has 4 rings (SSSR count). The minimum absolute atomic E-state index is 0.0903. The predicted octanol–water partition coefficient (Wildman–Crippen LogP) is 2.24. The largest absolute Gasteiger partial charge is 0.492 e. The van der Waals surface area contributed by atoms with Crippen molar-refractivity contribution < 1.29 is 22.3 Å². The van der Waals surface area contributed by atoms with Gasteiger partial charge in [-0.05, 0) is 55.8 Å². The number of carbonyl (C=O) groups is 1. The Morgan fingerprint density at radius 1 is 1.12 bits per heavy atom. The fraction of sp³-hybridized carbons (Fsp3) is 0.435. The van der Waals surface area contributed by atoms with Crippen molar-refractivity contribution >= 4 is 15.9 Å². The van der Waals surface area contributed by atoms with Gasteiger partial charge >= 0.3 is 0 Å². The highest BCUT2D eigenvalue weighted by Crippen LogP contribution is 2.39. The van der Waals surface area contributed by atoms with Crippen molar-refractivity contribution in [2.75, 3.05) is 39.8 Å². The Balaban J connectivity index is 1.55. The Morgan fingerprint density at radius 2 is 1.81 bits per heavy atom. The monoisotopic (exact) mass is 461 g/mol. The second-order valence-electron chi connectivity index (χ2n) is 8.58. The minimum atomic E-state index is -3.89. The van der Waals surface area contributed by atoms with Crippen LogP contribution in [0.3, 0.4) is 0 Å². The summed E-state index contributed by atoms with van der Waals surface area (Å²) in [7, 11) is -2.39. The van der Waals surface area contributed by atoms with Crippen LogP contribution >= 0.6 is 0 Å². The highest BCUT2D eigenvalue weighted by Gasteiger charge is 2.43. The Bertz CT molecular complexity index is 1070. The molecule has 32 heavy (non-hydrogen) atoms. The first-order valence-electron chi connectivity index (χ1n) is 10.7. The number of para-hydroxylation sites is 1. The molecular weight excluding hydrogens is 433 g/mol. The molecule has 9 heteroatoms. The number of carbonyl (C=O) groups excluding carboxylic acids is 1. The van der Waals surface area contributed by atoms with Gasteiger partial charge in [0.05, 0.1) is 13.2 Å². The molecule has 172 valence electrons. The summed E-state index contributed by atoms with van der Waals surface area (Å²) in [4.78, 5) is 14.5. The summed E-state index contributed by atoms with van der Waals surface area (Å²) in [5.41, 5.74) is 0.641. The van der Waals surface area contributed by atoms with E-state index in [4.69, 9.17) is 4.74 Å². The normalized spacial score (nSPS) is 20.6. The van der Waals surface area contributed by atoms with Gasteiger partial charge in [-0.1, -0.05) is 24.3 Å². The molecule has 1 amide bonds. The number of nitrogens with zero attached hydrogens (tertiary/aromatic N) is 2. The molecule has 7 nitrogen and oxygen atoms in total. The number of sulfonamides is 1. The number of fused-ring (bicyclic) bond motifs is 1. The summed E-state index contributed by atoms with van der Waals surface area (Å²) in [6.07, 6.45) is 1.46. The maximum absolute atomic E-state index is 13.4. The predicted molar refractivity (Wildman–Crippen MR) is 118 cm³/mol. The molecule has 0 radical (unpaired) electrons. The van der Waals surface area contributed by atoms with Gasteiger partial charge in [-0.3, -0.25) is 9.69 Å². The second kappa shape index (κ2) is 9.17. The van der Waals surface area contributed by atoms with Crippen molar-refractivity contribution in [1.29, 1.82) is 0 Å². The number of nitrogens with one attached hydrogen (secondary N) is 1. The van der Waals surface area contributed by atoms with Crippen LogP contribution in [0.15, 0.2) is 53.4 Å². The summed E-state index contributed by atoms with van der Waals surface area (Å²) in [5.74, 6) is -0.283. The summed E-state index contributed by atoms with van der Waals surface area (Å²) < 4.78 is 47.3. The SMILES string of the molecule is CNC(=O)CN1CC2(CCN(Cc3ccc(F)cc3)CC2)COc2ccccc2S1(=O)=O. The van der Waals surface area contributed by atoms with Gasteiger partial charge in [0, 0.05) is 25.6 Å². The molecule has 0 saturated carbocycles. The molecule has 2 aliphatic heterocycles. The van der Waals surface area contributed by atoms with E-state index in [0.717, 1.165) is 31.5 Å². The third-order valence-corrected chi connectivity index (χ3v) is 8.18. The zero-order valence-electron chi connectivity index (χ0n) is 18.1. The molecule has 0 aromatic heterocycles. The number of hydrogen-bond acceptors (Lipinski definition) is 5. The van der Waals surface area contributed by atoms with E-state index in [1.165, 1.54) is 29.6 Å². The Hall–Kier alpha value is -2.49. The van der Waals surface area contributed by atoms with Gasteiger partial charge in [-0.25, -0.2) is 12.8 Å². The lowest BCUT2D eigenvalue weighted by Gasteiger charge is -2.44. The van der Waals surface area contributed by atoms with E-state index in [1.54, 1.807) is 30.3 Å². The maximum Gasteiger partial charge on any atom is 0.247 e. The van der Waals surface area contributed by atoms with Gasteiger partial charge in [0.2, 0.25) is 15.9 Å². The van der Waals surface area contributed by atoms with Crippen LogP contribution < -0.4 is 10.1 Å². The minimum Gasteiger partial charge on any atom is -0.492 e. The number of hydrogen-bond donors (Lipinski definition) is 1. The van der Waals surface area contributed by atoms with Gasteiger partial charge in [-0.2, -0.15) is 4.31 Å². The molecule has 2 aliphatic rings. The van der Waals surface area contributed by atoms with Crippen LogP contribution in [0.5, 0.6) is 5.75 Å². The van der Waals surface area contributed by atoms with Crippen LogP contribution in [0.25, 0.3) is 0 Å².